The van der Waals surface area contributed by atoms with Crippen molar-refractivity contribution in [1.82, 2.24) is 10.3 Å². The van der Waals surface area contributed by atoms with Gasteiger partial charge in [0.1, 0.15) is 0 Å². The second-order valence-corrected chi connectivity index (χ2v) is 11.3. The van der Waals surface area contributed by atoms with Crippen LogP contribution in [0, 0.1) is 0 Å². The Morgan fingerprint density at radius 3 is 2.36 bits per heavy atom. The van der Waals surface area contributed by atoms with Gasteiger partial charge in [0, 0.05) is 39.6 Å². The zero-order valence-electron chi connectivity index (χ0n) is 22.3. The molecule has 2 heterocycles. The van der Waals surface area contributed by atoms with E-state index in [1.807, 2.05) is 86.6 Å². The highest BCUT2D eigenvalue weighted by molar-refractivity contribution is 6.31. The van der Waals surface area contributed by atoms with Gasteiger partial charge in [0.15, 0.2) is 11.4 Å². The van der Waals surface area contributed by atoms with Crippen LogP contribution >= 0.6 is 11.6 Å². The average molecular weight is 543 g/mol. The number of halogens is 1. The summed E-state index contributed by atoms with van der Waals surface area (Å²) in [7, 11) is 0. The quantitative estimate of drug-likeness (QED) is 0.227. The number of aromatic nitrogens is 1. The number of fused-ring (bicyclic) bond motifs is 1. The minimum absolute atomic E-state index is 0.128. The van der Waals surface area contributed by atoms with E-state index in [0.717, 1.165) is 27.7 Å². The number of cyclic esters (lactones) is 1. The topological polar surface area (TPSA) is 91.4 Å². The number of aromatic amines is 1. The molecule has 0 saturated heterocycles. The SMILES string of the molecule is CC(=O)NC(C)(C)Cc1c(C(C2=C(O)C(C)(c3ccccc3)OC2=O)c2ccccc2)[nH]c2ccc(Cl)cc12. The predicted octanol–water partition coefficient (Wildman–Crippen LogP) is 6.69. The minimum Gasteiger partial charge on any atom is -0.507 e. The van der Waals surface area contributed by atoms with Crippen molar-refractivity contribution >= 4 is 34.4 Å². The Hall–Kier alpha value is -4.03. The monoisotopic (exact) mass is 542 g/mol. The normalized spacial score (nSPS) is 18.3. The first-order valence-corrected chi connectivity index (χ1v) is 13.2. The number of carbonyl (C=O) groups excluding carboxylic acids is 2. The number of aliphatic hydroxyl groups is 1. The number of esters is 1. The number of rotatable bonds is 7. The second-order valence-electron chi connectivity index (χ2n) is 10.8. The molecule has 0 radical (unpaired) electrons. The summed E-state index contributed by atoms with van der Waals surface area (Å²) >= 11 is 6.42. The molecule has 3 aromatic carbocycles. The van der Waals surface area contributed by atoms with Crippen LogP contribution in [0.3, 0.4) is 0 Å². The molecule has 0 aliphatic carbocycles. The molecule has 3 N–H and O–H groups in total. The molecule has 7 heteroatoms. The molecule has 2 unspecified atom stereocenters. The van der Waals surface area contributed by atoms with Crippen LogP contribution in [0.1, 0.15) is 56.0 Å². The summed E-state index contributed by atoms with van der Waals surface area (Å²) < 4.78 is 5.92. The summed E-state index contributed by atoms with van der Waals surface area (Å²) in [6, 6.07) is 24.4. The van der Waals surface area contributed by atoms with Crippen LogP contribution in [-0.2, 0) is 26.3 Å². The van der Waals surface area contributed by atoms with Crippen LogP contribution in [0.5, 0.6) is 0 Å². The number of hydrogen-bond donors (Lipinski definition) is 3. The Morgan fingerprint density at radius 2 is 1.72 bits per heavy atom. The van der Waals surface area contributed by atoms with Gasteiger partial charge in [-0.1, -0.05) is 72.3 Å². The molecule has 1 aliphatic heterocycles. The van der Waals surface area contributed by atoms with Gasteiger partial charge in [-0.15, -0.1) is 0 Å². The maximum atomic E-state index is 13.6. The van der Waals surface area contributed by atoms with E-state index in [1.54, 1.807) is 13.0 Å². The van der Waals surface area contributed by atoms with Crippen LogP contribution in [0.4, 0.5) is 0 Å². The first kappa shape index (κ1) is 26.6. The van der Waals surface area contributed by atoms with Gasteiger partial charge in [0.05, 0.1) is 11.5 Å². The number of benzene rings is 3. The number of nitrogens with one attached hydrogen (secondary N) is 2. The van der Waals surface area contributed by atoms with Gasteiger partial charge < -0.3 is 20.1 Å². The summed E-state index contributed by atoms with van der Waals surface area (Å²) in [6.07, 6.45) is 0.449. The lowest BCUT2D eigenvalue weighted by molar-refractivity contribution is -0.147. The first-order valence-electron chi connectivity index (χ1n) is 12.9. The average Bonchev–Trinajstić information content (AvgIpc) is 3.34. The van der Waals surface area contributed by atoms with Crippen molar-refractivity contribution in [3.63, 3.8) is 0 Å². The molecular weight excluding hydrogens is 512 g/mol. The summed E-state index contributed by atoms with van der Waals surface area (Å²) in [5, 5.41) is 16.2. The van der Waals surface area contributed by atoms with E-state index in [4.69, 9.17) is 16.3 Å². The number of ether oxygens (including phenoxy) is 1. The Morgan fingerprint density at radius 1 is 1.08 bits per heavy atom. The minimum atomic E-state index is -1.33. The fraction of sp³-hybridized carbons (Fsp3) is 0.250. The van der Waals surface area contributed by atoms with Crippen molar-refractivity contribution in [2.24, 2.45) is 0 Å². The van der Waals surface area contributed by atoms with Gasteiger partial charge in [-0.2, -0.15) is 0 Å². The van der Waals surface area contributed by atoms with Crippen LogP contribution in [-0.4, -0.2) is 27.5 Å². The molecule has 6 nitrogen and oxygen atoms in total. The second kappa shape index (κ2) is 9.93. The Labute approximate surface area is 232 Å². The van der Waals surface area contributed by atoms with E-state index in [1.165, 1.54) is 6.92 Å². The van der Waals surface area contributed by atoms with Gasteiger partial charge in [-0.05, 0) is 56.5 Å². The fourth-order valence-electron chi connectivity index (χ4n) is 5.61. The van der Waals surface area contributed by atoms with Gasteiger partial charge in [0.2, 0.25) is 5.91 Å². The number of carbonyl (C=O) groups is 2. The summed E-state index contributed by atoms with van der Waals surface area (Å²) in [5.41, 5.74) is 2.17. The fourth-order valence-corrected chi connectivity index (χ4v) is 5.78. The molecule has 1 aliphatic rings. The molecular formula is C32H31ClN2O4. The number of hydrogen-bond acceptors (Lipinski definition) is 4. The molecule has 0 fully saturated rings. The zero-order valence-corrected chi connectivity index (χ0v) is 23.1. The highest BCUT2D eigenvalue weighted by atomic mass is 35.5. The van der Waals surface area contributed by atoms with Crippen LogP contribution in [0.25, 0.3) is 10.9 Å². The van der Waals surface area contributed by atoms with Crippen molar-refractivity contribution in [2.45, 2.75) is 51.2 Å². The largest absolute Gasteiger partial charge is 0.507 e. The van der Waals surface area contributed by atoms with Gasteiger partial charge in [0.25, 0.3) is 0 Å². The maximum absolute atomic E-state index is 13.6. The van der Waals surface area contributed by atoms with Crippen LogP contribution < -0.4 is 5.32 Å². The van der Waals surface area contributed by atoms with Gasteiger partial charge >= 0.3 is 5.97 Å². The third-order valence-electron chi connectivity index (χ3n) is 7.29. The zero-order chi connectivity index (χ0) is 27.9. The molecule has 0 bridgehead atoms. The van der Waals surface area contributed by atoms with E-state index in [2.05, 4.69) is 10.3 Å². The molecule has 0 spiro atoms. The number of H-pyrrole nitrogens is 1. The van der Waals surface area contributed by atoms with Crippen molar-refractivity contribution in [2.75, 3.05) is 0 Å². The van der Waals surface area contributed by atoms with E-state index < -0.39 is 23.0 Å². The van der Waals surface area contributed by atoms with Gasteiger partial charge in [-0.3, -0.25) is 4.79 Å². The Balaban J connectivity index is 1.77. The lowest BCUT2D eigenvalue weighted by Crippen LogP contribution is -2.44. The molecule has 1 amide bonds. The summed E-state index contributed by atoms with van der Waals surface area (Å²) in [5.74, 6) is -1.52. The van der Waals surface area contributed by atoms with E-state index in [9.17, 15) is 14.7 Å². The first-order chi connectivity index (χ1) is 18.5. The molecule has 39 heavy (non-hydrogen) atoms. The van der Waals surface area contributed by atoms with Gasteiger partial charge in [-0.25, -0.2) is 4.79 Å². The molecule has 4 aromatic rings. The molecule has 1 aromatic heterocycles. The van der Waals surface area contributed by atoms with Crippen molar-refractivity contribution in [3.8, 4) is 0 Å². The highest BCUT2D eigenvalue weighted by Crippen LogP contribution is 2.48. The van der Waals surface area contributed by atoms with Crippen LogP contribution in [0.15, 0.2) is 90.2 Å². The van der Waals surface area contributed by atoms with E-state index in [0.29, 0.717) is 17.0 Å². The summed E-state index contributed by atoms with van der Waals surface area (Å²) in [4.78, 5) is 29.2. The third-order valence-corrected chi connectivity index (χ3v) is 7.53. The molecule has 200 valence electrons. The lowest BCUT2D eigenvalue weighted by Gasteiger charge is -2.27. The number of amides is 1. The third kappa shape index (κ3) is 4.92. The maximum Gasteiger partial charge on any atom is 0.339 e. The number of aliphatic hydroxyl groups excluding tert-OH is 1. The molecule has 5 rings (SSSR count). The van der Waals surface area contributed by atoms with Crippen molar-refractivity contribution < 1.29 is 19.4 Å². The smallest absolute Gasteiger partial charge is 0.339 e. The van der Waals surface area contributed by atoms with Crippen molar-refractivity contribution in [1.29, 1.82) is 0 Å². The Kier molecular flexibility index (Phi) is 6.77. The lowest BCUT2D eigenvalue weighted by atomic mass is 9.81. The Bertz CT molecular complexity index is 1590. The van der Waals surface area contributed by atoms with Crippen molar-refractivity contribution in [3.05, 3.63) is 118 Å². The van der Waals surface area contributed by atoms with E-state index >= 15 is 0 Å². The highest BCUT2D eigenvalue weighted by Gasteiger charge is 2.49. The van der Waals surface area contributed by atoms with E-state index in [-0.39, 0.29) is 17.2 Å². The standard InChI is InChI=1S/C32H31ClN2O4/c1-19(36)35-31(2,3)18-24-23-17-22(33)15-16-25(23)34-28(24)26(20-11-7-5-8-12-20)27-29(37)32(4,39-30(27)38)21-13-9-6-10-14-21/h5-17,26,34,37H,18H2,1-4H3,(H,35,36). The molecule has 0 saturated carbocycles. The van der Waals surface area contributed by atoms with Crippen LogP contribution in [0.2, 0.25) is 5.02 Å². The predicted molar refractivity (Wildman–Crippen MR) is 153 cm³/mol. The molecule has 2 atom stereocenters. The summed E-state index contributed by atoms with van der Waals surface area (Å²) in [6.45, 7) is 7.10.